The first-order valence-corrected chi connectivity index (χ1v) is 8.55. The number of benzene rings is 1. The molecule has 0 fully saturated rings. The lowest BCUT2D eigenvalue weighted by atomic mass is 9.84. The fourth-order valence-electron chi connectivity index (χ4n) is 2.79. The van der Waals surface area contributed by atoms with Crippen LogP contribution in [0, 0.1) is 17.5 Å². The molecule has 2 heterocycles. The Morgan fingerprint density at radius 3 is 2.50 bits per heavy atom. The molecule has 1 N–H and O–H groups in total. The van der Waals surface area contributed by atoms with E-state index in [0.29, 0.717) is 11.6 Å². The van der Waals surface area contributed by atoms with Crippen molar-refractivity contribution in [1.29, 1.82) is 0 Å². The molecule has 146 valence electrons. The van der Waals surface area contributed by atoms with Crippen LogP contribution in [0.3, 0.4) is 0 Å². The van der Waals surface area contributed by atoms with Gasteiger partial charge in [-0.1, -0.05) is 29.3 Å². The number of hydrogen-bond acceptors (Lipinski definition) is 5. The molecule has 5 nitrogen and oxygen atoms in total. The number of esters is 1. The van der Waals surface area contributed by atoms with E-state index >= 15 is 0 Å². The van der Waals surface area contributed by atoms with E-state index in [9.17, 15) is 18.0 Å². The molecule has 1 unspecified atom stereocenters. The van der Waals surface area contributed by atoms with Crippen molar-refractivity contribution in [2.45, 2.75) is 12.5 Å². The van der Waals surface area contributed by atoms with Crippen molar-refractivity contribution in [3.8, 4) is 0 Å². The minimum Gasteiger partial charge on any atom is -0.465 e. The van der Waals surface area contributed by atoms with Gasteiger partial charge in [0.05, 0.1) is 18.3 Å². The summed E-state index contributed by atoms with van der Waals surface area (Å²) in [7, 11) is 1.15. The van der Waals surface area contributed by atoms with Crippen molar-refractivity contribution in [2.24, 2.45) is 4.99 Å². The number of halogens is 5. The molecule has 2 aromatic rings. The lowest BCUT2D eigenvalue weighted by Gasteiger charge is -2.33. The predicted octanol–water partition coefficient (Wildman–Crippen LogP) is 4.04. The Bertz CT molecular complexity index is 1040. The van der Waals surface area contributed by atoms with Gasteiger partial charge in [0.15, 0.2) is 11.7 Å². The Labute approximate surface area is 167 Å². The lowest BCUT2D eigenvalue weighted by molar-refractivity contribution is -0.136. The molecule has 0 radical (unpaired) electrons. The Balaban J connectivity index is 2.24. The number of nitrogens with one attached hydrogen (secondary N) is 1. The molecule has 0 bridgehead atoms. The number of carbonyl (C=O) groups excluding carboxylic acids is 1. The molecule has 1 atom stereocenters. The maximum atomic E-state index is 14.2. The monoisotopic (exact) mass is 429 g/mol. The zero-order valence-electron chi connectivity index (χ0n) is 14.5. The van der Waals surface area contributed by atoms with Gasteiger partial charge < -0.3 is 10.1 Å². The van der Waals surface area contributed by atoms with E-state index in [1.807, 2.05) is 0 Å². The number of hydrogen-bond donors (Lipinski definition) is 1. The number of amidine groups is 1. The minimum absolute atomic E-state index is 0.106. The quantitative estimate of drug-likeness (QED) is 0.590. The minimum atomic E-state index is -1.52. The number of ether oxygens (including phenoxy) is 1. The molecule has 1 aliphatic rings. The van der Waals surface area contributed by atoms with E-state index < -0.39 is 29.0 Å². The van der Waals surface area contributed by atoms with Crippen LogP contribution in [0.1, 0.15) is 18.2 Å². The van der Waals surface area contributed by atoms with E-state index in [1.165, 1.54) is 19.1 Å². The zero-order valence-corrected chi connectivity index (χ0v) is 16.0. The smallest absolute Gasteiger partial charge is 0.339 e. The molecular formula is C18H12Cl2F3N3O2. The third-order valence-electron chi connectivity index (χ3n) is 4.17. The van der Waals surface area contributed by atoms with Crippen LogP contribution in [0.5, 0.6) is 0 Å². The Morgan fingerprint density at radius 2 is 1.89 bits per heavy atom. The van der Waals surface area contributed by atoms with Gasteiger partial charge in [0, 0.05) is 6.07 Å². The predicted molar refractivity (Wildman–Crippen MR) is 97.5 cm³/mol. The van der Waals surface area contributed by atoms with E-state index in [4.69, 9.17) is 27.9 Å². The van der Waals surface area contributed by atoms with Gasteiger partial charge in [-0.3, -0.25) is 0 Å². The average molecular weight is 430 g/mol. The summed E-state index contributed by atoms with van der Waals surface area (Å²) in [6.07, 6.45) is 0.808. The number of aromatic nitrogens is 1. The van der Waals surface area contributed by atoms with Gasteiger partial charge in [-0.05, 0) is 24.6 Å². The summed E-state index contributed by atoms with van der Waals surface area (Å²) in [5.41, 5.74) is -1.66. The van der Waals surface area contributed by atoms with Crippen molar-refractivity contribution in [1.82, 2.24) is 10.3 Å². The highest BCUT2D eigenvalue weighted by Crippen LogP contribution is 2.40. The Kier molecular flexibility index (Phi) is 5.36. The molecule has 1 aromatic heterocycles. The maximum absolute atomic E-state index is 14.2. The number of methoxy groups -OCH3 is 1. The summed E-state index contributed by atoms with van der Waals surface area (Å²) in [6.45, 7) is 1.49. The van der Waals surface area contributed by atoms with E-state index in [1.54, 1.807) is 0 Å². The molecule has 10 heteroatoms. The van der Waals surface area contributed by atoms with Crippen LogP contribution in [0.25, 0.3) is 0 Å². The molecule has 3 rings (SSSR count). The second kappa shape index (κ2) is 7.44. The summed E-state index contributed by atoms with van der Waals surface area (Å²) in [6, 6.07) is 4.35. The SMILES string of the molecule is COC(=O)C1=C(Cl)NC(c2ncc(F)cc2F)=NC1(C)c1ccc(F)c(Cl)c1. The van der Waals surface area contributed by atoms with Crippen molar-refractivity contribution in [3.63, 3.8) is 0 Å². The molecule has 0 amide bonds. The van der Waals surface area contributed by atoms with Gasteiger partial charge in [-0.15, -0.1) is 0 Å². The molecule has 0 spiro atoms. The topological polar surface area (TPSA) is 63.6 Å². The van der Waals surface area contributed by atoms with Crippen LogP contribution in [0.4, 0.5) is 13.2 Å². The molecule has 1 aliphatic heterocycles. The Morgan fingerprint density at radius 1 is 1.18 bits per heavy atom. The first-order chi connectivity index (χ1) is 13.2. The summed E-state index contributed by atoms with van der Waals surface area (Å²) < 4.78 is 45.8. The highest BCUT2D eigenvalue weighted by molar-refractivity contribution is 6.33. The van der Waals surface area contributed by atoms with Gasteiger partial charge in [0.1, 0.15) is 33.6 Å². The van der Waals surface area contributed by atoms with Crippen molar-refractivity contribution >= 4 is 35.0 Å². The third kappa shape index (κ3) is 3.45. The van der Waals surface area contributed by atoms with Gasteiger partial charge in [0.25, 0.3) is 0 Å². The number of pyridine rings is 1. The highest BCUT2D eigenvalue weighted by Gasteiger charge is 2.42. The molecule has 0 saturated heterocycles. The number of aliphatic imine (C=N–C) groups is 1. The molecule has 1 aromatic carbocycles. The second-order valence-corrected chi connectivity index (χ2v) is 6.74. The number of carbonyl (C=O) groups is 1. The van der Waals surface area contributed by atoms with Gasteiger partial charge in [-0.25, -0.2) is 27.9 Å². The number of nitrogens with zero attached hydrogens (tertiary/aromatic N) is 2. The molecule has 0 saturated carbocycles. The fourth-order valence-corrected chi connectivity index (χ4v) is 3.32. The molecule has 0 aliphatic carbocycles. The van der Waals surface area contributed by atoms with E-state index in [0.717, 1.165) is 19.4 Å². The van der Waals surface area contributed by atoms with Crippen molar-refractivity contribution in [2.75, 3.05) is 7.11 Å². The Hall–Kier alpha value is -2.58. The van der Waals surface area contributed by atoms with Crippen LogP contribution < -0.4 is 5.32 Å². The number of rotatable bonds is 3. The normalized spacial score (nSPS) is 19.2. The summed E-state index contributed by atoms with van der Waals surface area (Å²) in [5.74, 6) is -3.50. The second-order valence-electron chi connectivity index (χ2n) is 5.95. The van der Waals surface area contributed by atoms with Crippen LogP contribution >= 0.6 is 23.2 Å². The maximum Gasteiger partial charge on any atom is 0.339 e. The van der Waals surface area contributed by atoms with Crippen molar-refractivity contribution < 1.29 is 22.7 Å². The van der Waals surface area contributed by atoms with Crippen LogP contribution in [-0.4, -0.2) is 23.9 Å². The fraction of sp³-hybridized carbons (Fsp3) is 0.167. The molecular weight excluding hydrogens is 418 g/mol. The highest BCUT2D eigenvalue weighted by atomic mass is 35.5. The zero-order chi connectivity index (χ0) is 20.6. The lowest BCUT2D eigenvalue weighted by Crippen LogP contribution is -2.41. The molecule has 28 heavy (non-hydrogen) atoms. The van der Waals surface area contributed by atoms with Crippen LogP contribution in [0.15, 0.2) is 46.2 Å². The third-order valence-corrected chi connectivity index (χ3v) is 4.75. The largest absolute Gasteiger partial charge is 0.465 e. The van der Waals surface area contributed by atoms with Crippen LogP contribution in [-0.2, 0) is 15.1 Å². The van der Waals surface area contributed by atoms with E-state index in [2.05, 4.69) is 15.3 Å². The van der Waals surface area contributed by atoms with Gasteiger partial charge >= 0.3 is 5.97 Å². The van der Waals surface area contributed by atoms with Crippen molar-refractivity contribution in [3.05, 3.63) is 74.9 Å². The summed E-state index contributed by atoms with van der Waals surface area (Å²) >= 11 is 12.1. The van der Waals surface area contributed by atoms with Crippen LogP contribution in [0.2, 0.25) is 5.02 Å². The van der Waals surface area contributed by atoms with Gasteiger partial charge in [-0.2, -0.15) is 0 Å². The standard InChI is InChI=1S/C18H12Cl2F3N3O2/c1-18(8-3-4-11(22)10(19)5-8)13(17(27)28-2)15(20)25-16(26-18)14-12(23)6-9(21)7-24-14/h3-7H,1-2H3,(H,25,26). The van der Waals surface area contributed by atoms with Gasteiger partial charge in [0.2, 0.25) is 0 Å². The first-order valence-electron chi connectivity index (χ1n) is 7.79. The summed E-state index contributed by atoms with van der Waals surface area (Å²) in [4.78, 5) is 20.4. The summed E-state index contributed by atoms with van der Waals surface area (Å²) in [5, 5.41) is 2.16. The first kappa shape index (κ1) is 20.2. The van der Waals surface area contributed by atoms with E-state index in [-0.39, 0.29) is 27.3 Å². The average Bonchev–Trinajstić information content (AvgIpc) is 2.63.